The summed E-state index contributed by atoms with van der Waals surface area (Å²) in [5.41, 5.74) is -0.956. The average Bonchev–Trinajstić information content (AvgIpc) is 2.81. The van der Waals surface area contributed by atoms with Crippen LogP contribution >= 0.6 is 0 Å². The summed E-state index contributed by atoms with van der Waals surface area (Å²) in [6.07, 6.45) is -2.75. The first-order chi connectivity index (χ1) is 10.0. The minimum absolute atomic E-state index is 0.102. The van der Waals surface area contributed by atoms with E-state index in [1.165, 1.54) is 6.20 Å². The Morgan fingerprint density at radius 1 is 1.23 bits per heavy atom. The number of hydrogen-bond acceptors (Lipinski definition) is 4. The molecule has 0 unspecified atom stereocenters. The van der Waals surface area contributed by atoms with Gasteiger partial charge in [0.25, 0.3) is 0 Å². The molecule has 1 aromatic carbocycles. The normalized spacial score (nSPS) is 12.4. The summed E-state index contributed by atoms with van der Waals surface area (Å²) in [6, 6.07) is 2.02. The van der Waals surface area contributed by atoms with Gasteiger partial charge in [0, 0.05) is 17.5 Å². The van der Waals surface area contributed by atoms with Crippen molar-refractivity contribution in [3.8, 4) is 0 Å². The van der Waals surface area contributed by atoms with Crippen LogP contribution in [0.1, 0.15) is 27.2 Å². The van der Waals surface area contributed by atoms with Crippen molar-refractivity contribution in [3.63, 3.8) is 0 Å². The number of ketones is 1. The number of rotatable bonds is 3. The van der Waals surface area contributed by atoms with Gasteiger partial charge in [-0.2, -0.15) is 18.3 Å². The summed E-state index contributed by atoms with van der Waals surface area (Å²) in [7, 11) is -4.02. The van der Waals surface area contributed by atoms with E-state index < -0.39 is 32.3 Å². The first-order valence-electron chi connectivity index (χ1n) is 5.98. The van der Waals surface area contributed by atoms with Crippen molar-refractivity contribution in [2.45, 2.75) is 18.0 Å². The van der Waals surface area contributed by atoms with Crippen molar-refractivity contribution < 1.29 is 26.4 Å². The van der Waals surface area contributed by atoms with Gasteiger partial charge < -0.3 is 0 Å². The molecule has 1 heterocycles. The van der Waals surface area contributed by atoms with Gasteiger partial charge in [0.15, 0.2) is 15.6 Å². The Kier molecular flexibility index (Phi) is 3.86. The lowest BCUT2D eigenvalue weighted by molar-refractivity contribution is -0.137. The number of aromatic amines is 1. The fraction of sp³-hybridized carbons (Fsp3) is 0.231. The SMILES string of the molecule is Cc1[nH]ncc1C(=O)c1ccc(C(F)(F)F)cc1S(C)(=O)=O. The molecule has 22 heavy (non-hydrogen) atoms. The molecule has 0 fully saturated rings. The zero-order valence-electron chi connectivity index (χ0n) is 11.5. The van der Waals surface area contributed by atoms with Crippen molar-refractivity contribution in [1.29, 1.82) is 0 Å². The van der Waals surface area contributed by atoms with Crippen LogP contribution in [0.5, 0.6) is 0 Å². The van der Waals surface area contributed by atoms with Crippen molar-refractivity contribution in [2.24, 2.45) is 0 Å². The van der Waals surface area contributed by atoms with Crippen molar-refractivity contribution in [3.05, 3.63) is 46.8 Å². The molecule has 118 valence electrons. The molecule has 0 aliphatic heterocycles. The smallest absolute Gasteiger partial charge is 0.288 e. The predicted molar refractivity (Wildman–Crippen MR) is 71.3 cm³/mol. The van der Waals surface area contributed by atoms with Crippen molar-refractivity contribution >= 4 is 15.6 Å². The molecule has 9 heteroatoms. The molecule has 0 saturated heterocycles. The van der Waals surface area contributed by atoms with Gasteiger partial charge in [-0.05, 0) is 25.1 Å². The summed E-state index contributed by atoms with van der Waals surface area (Å²) in [5, 5.41) is 6.15. The van der Waals surface area contributed by atoms with Gasteiger partial charge in [-0.25, -0.2) is 8.42 Å². The number of benzene rings is 1. The number of aryl methyl sites for hydroxylation is 1. The first-order valence-corrected chi connectivity index (χ1v) is 7.87. The highest BCUT2D eigenvalue weighted by molar-refractivity contribution is 7.90. The number of nitrogens with one attached hydrogen (secondary N) is 1. The minimum Gasteiger partial charge on any atom is -0.288 e. The standard InChI is InChI=1S/C13H11F3N2O3S/c1-7-10(6-17-18-7)12(19)9-4-3-8(13(14,15)16)5-11(9)22(2,20)21/h3-6H,1-2H3,(H,17,18). The maximum atomic E-state index is 12.7. The third-order valence-electron chi connectivity index (χ3n) is 3.03. The second-order valence-electron chi connectivity index (χ2n) is 4.72. The Hall–Kier alpha value is -2.16. The molecule has 1 aromatic heterocycles. The Morgan fingerprint density at radius 3 is 2.32 bits per heavy atom. The fourth-order valence-corrected chi connectivity index (χ4v) is 2.82. The molecule has 0 radical (unpaired) electrons. The van der Waals surface area contributed by atoms with Crippen molar-refractivity contribution in [1.82, 2.24) is 10.2 Å². The lowest BCUT2D eigenvalue weighted by Gasteiger charge is -2.11. The van der Waals surface area contributed by atoms with Gasteiger partial charge in [-0.1, -0.05) is 0 Å². The average molecular weight is 332 g/mol. The summed E-state index contributed by atoms with van der Waals surface area (Å²) in [4.78, 5) is 11.7. The number of alkyl halides is 3. The molecular weight excluding hydrogens is 321 g/mol. The highest BCUT2D eigenvalue weighted by Gasteiger charge is 2.33. The summed E-state index contributed by atoms with van der Waals surface area (Å²) in [6.45, 7) is 1.55. The number of carbonyl (C=O) groups excluding carboxylic acids is 1. The molecular formula is C13H11F3N2O3S. The number of sulfone groups is 1. The van der Waals surface area contributed by atoms with Gasteiger partial charge in [-0.15, -0.1) is 0 Å². The van der Waals surface area contributed by atoms with E-state index in [4.69, 9.17) is 0 Å². The van der Waals surface area contributed by atoms with E-state index in [-0.39, 0.29) is 11.1 Å². The van der Waals surface area contributed by atoms with Crippen LogP contribution in [0.2, 0.25) is 0 Å². The predicted octanol–water partition coefficient (Wildman–Crippen LogP) is 2.37. The van der Waals surface area contributed by atoms with Crippen LogP contribution in [0, 0.1) is 6.92 Å². The van der Waals surface area contributed by atoms with Crippen molar-refractivity contribution in [2.75, 3.05) is 6.26 Å². The van der Waals surface area contributed by atoms with E-state index in [0.29, 0.717) is 17.8 Å². The van der Waals surface area contributed by atoms with Crippen LogP contribution in [-0.4, -0.2) is 30.7 Å². The molecule has 1 N–H and O–H groups in total. The van der Waals surface area contributed by atoms with Gasteiger partial charge in [0.1, 0.15) is 0 Å². The number of halogens is 3. The molecule has 0 aliphatic carbocycles. The van der Waals surface area contributed by atoms with E-state index in [2.05, 4.69) is 10.2 Å². The van der Waals surface area contributed by atoms with Gasteiger partial charge in [0.2, 0.25) is 0 Å². The quantitative estimate of drug-likeness (QED) is 0.875. The van der Waals surface area contributed by atoms with Crippen LogP contribution in [0.3, 0.4) is 0 Å². The number of carbonyl (C=O) groups is 1. The van der Waals surface area contributed by atoms with Gasteiger partial charge >= 0.3 is 6.18 Å². The Morgan fingerprint density at radius 2 is 1.86 bits per heavy atom. The molecule has 5 nitrogen and oxygen atoms in total. The molecule has 0 aliphatic rings. The highest BCUT2D eigenvalue weighted by atomic mass is 32.2. The summed E-state index contributed by atoms with van der Waals surface area (Å²) in [5.74, 6) is -0.708. The summed E-state index contributed by atoms with van der Waals surface area (Å²) < 4.78 is 61.7. The molecule has 0 bridgehead atoms. The van der Waals surface area contributed by atoms with Crippen LogP contribution in [-0.2, 0) is 16.0 Å². The Labute approximate surface area is 124 Å². The number of aromatic nitrogens is 2. The molecule has 2 rings (SSSR count). The van der Waals surface area contributed by atoms with E-state index in [1.54, 1.807) is 6.92 Å². The number of nitrogens with zero attached hydrogens (tertiary/aromatic N) is 1. The number of hydrogen-bond donors (Lipinski definition) is 1. The molecule has 0 atom stereocenters. The molecule has 0 spiro atoms. The largest absolute Gasteiger partial charge is 0.416 e. The van der Waals surface area contributed by atoms with E-state index in [9.17, 15) is 26.4 Å². The van der Waals surface area contributed by atoms with Gasteiger partial charge in [-0.3, -0.25) is 9.89 Å². The first kappa shape index (κ1) is 16.2. The fourth-order valence-electron chi connectivity index (χ4n) is 1.92. The Bertz CT molecular complexity index is 838. The molecule has 2 aromatic rings. The highest BCUT2D eigenvalue weighted by Crippen LogP contribution is 2.32. The van der Waals surface area contributed by atoms with Gasteiger partial charge in [0.05, 0.1) is 22.2 Å². The number of H-pyrrole nitrogens is 1. The van der Waals surface area contributed by atoms with E-state index in [0.717, 1.165) is 12.3 Å². The zero-order chi connectivity index (χ0) is 16.7. The van der Waals surface area contributed by atoms with E-state index in [1.807, 2.05) is 0 Å². The minimum atomic E-state index is -4.70. The third kappa shape index (κ3) is 3.03. The monoisotopic (exact) mass is 332 g/mol. The maximum Gasteiger partial charge on any atom is 0.416 e. The lowest BCUT2D eigenvalue weighted by atomic mass is 10.0. The second-order valence-corrected chi connectivity index (χ2v) is 6.70. The van der Waals surface area contributed by atoms with E-state index >= 15 is 0 Å². The van der Waals surface area contributed by atoms with Crippen LogP contribution in [0.25, 0.3) is 0 Å². The topological polar surface area (TPSA) is 79.9 Å². The maximum absolute atomic E-state index is 12.7. The Balaban J connectivity index is 2.67. The van der Waals surface area contributed by atoms with Crippen LogP contribution in [0.15, 0.2) is 29.3 Å². The second kappa shape index (κ2) is 5.24. The zero-order valence-corrected chi connectivity index (χ0v) is 12.3. The third-order valence-corrected chi connectivity index (χ3v) is 4.16. The molecule has 0 saturated carbocycles. The van der Waals surface area contributed by atoms with Crippen LogP contribution < -0.4 is 0 Å². The molecule has 0 amide bonds. The summed E-state index contributed by atoms with van der Waals surface area (Å²) >= 11 is 0. The van der Waals surface area contributed by atoms with Crippen LogP contribution in [0.4, 0.5) is 13.2 Å². The lowest BCUT2D eigenvalue weighted by Crippen LogP contribution is -2.13.